The molecule has 1 saturated heterocycles. The molecule has 0 atom stereocenters. The van der Waals surface area contributed by atoms with Crippen LogP contribution in [-0.2, 0) is 4.79 Å². The van der Waals surface area contributed by atoms with Crippen LogP contribution in [-0.4, -0.2) is 70.7 Å². The van der Waals surface area contributed by atoms with Crippen LogP contribution in [0.1, 0.15) is 17.4 Å². The number of furan rings is 1. The summed E-state index contributed by atoms with van der Waals surface area (Å²) in [5, 5.41) is 7.95. The standard InChI is InChI=1S/C22H24ClN5O3/c1-2-24-21(29)15-26-8-10-27(11-9-26)22(30)18-14-19(20-7-4-12-31-20)28(25-18)17-6-3-5-16(23)13-17/h3-7,12-14H,2,8-11,15H2,1H3,(H,24,29). The Morgan fingerprint density at radius 3 is 2.61 bits per heavy atom. The molecule has 2 aromatic heterocycles. The fraction of sp³-hybridized carbons (Fsp3) is 0.318. The van der Waals surface area contributed by atoms with Crippen LogP contribution in [0.2, 0.25) is 5.02 Å². The molecule has 0 aliphatic carbocycles. The number of hydrogen-bond acceptors (Lipinski definition) is 5. The fourth-order valence-electron chi connectivity index (χ4n) is 3.62. The van der Waals surface area contributed by atoms with E-state index in [-0.39, 0.29) is 11.8 Å². The van der Waals surface area contributed by atoms with Gasteiger partial charge in [-0.2, -0.15) is 5.10 Å². The van der Waals surface area contributed by atoms with Crippen molar-refractivity contribution in [1.82, 2.24) is 24.9 Å². The van der Waals surface area contributed by atoms with E-state index in [1.54, 1.807) is 40.1 Å². The summed E-state index contributed by atoms with van der Waals surface area (Å²) < 4.78 is 7.23. The van der Waals surface area contributed by atoms with Crippen molar-refractivity contribution in [3.63, 3.8) is 0 Å². The zero-order valence-corrected chi connectivity index (χ0v) is 18.0. The maximum atomic E-state index is 13.2. The zero-order chi connectivity index (χ0) is 21.8. The maximum Gasteiger partial charge on any atom is 0.274 e. The van der Waals surface area contributed by atoms with Gasteiger partial charge in [0.15, 0.2) is 11.5 Å². The average molecular weight is 442 g/mol. The van der Waals surface area contributed by atoms with Crippen LogP contribution < -0.4 is 5.32 Å². The molecule has 9 heteroatoms. The minimum Gasteiger partial charge on any atom is -0.463 e. The molecule has 2 amide bonds. The van der Waals surface area contributed by atoms with Crippen molar-refractivity contribution < 1.29 is 14.0 Å². The minimum absolute atomic E-state index is 0.00521. The number of nitrogens with zero attached hydrogens (tertiary/aromatic N) is 4. The SMILES string of the molecule is CCNC(=O)CN1CCN(C(=O)c2cc(-c3ccco3)n(-c3cccc(Cl)c3)n2)CC1. The Morgan fingerprint density at radius 2 is 1.94 bits per heavy atom. The Morgan fingerprint density at radius 1 is 1.13 bits per heavy atom. The minimum atomic E-state index is -0.147. The van der Waals surface area contributed by atoms with Crippen LogP contribution in [0.15, 0.2) is 53.1 Å². The second kappa shape index (κ2) is 9.36. The highest BCUT2D eigenvalue weighted by Gasteiger charge is 2.26. The van der Waals surface area contributed by atoms with Gasteiger partial charge < -0.3 is 14.6 Å². The molecule has 8 nitrogen and oxygen atoms in total. The van der Waals surface area contributed by atoms with E-state index in [0.29, 0.717) is 61.4 Å². The van der Waals surface area contributed by atoms with Crippen LogP contribution in [0.5, 0.6) is 0 Å². The van der Waals surface area contributed by atoms with Crippen LogP contribution in [0.4, 0.5) is 0 Å². The van der Waals surface area contributed by atoms with E-state index in [2.05, 4.69) is 10.4 Å². The molecule has 0 saturated carbocycles. The van der Waals surface area contributed by atoms with Gasteiger partial charge in [-0.3, -0.25) is 14.5 Å². The lowest BCUT2D eigenvalue weighted by Crippen LogP contribution is -2.51. The van der Waals surface area contributed by atoms with Gasteiger partial charge in [-0.25, -0.2) is 4.68 Å². The van der Waals surface area contributed by atoms with Crippen molar-refractivity contribution in [2.24, 2.45) is 0 Å². The monoisotopic (exact) mass is 441 g/mol. The van der Waals surface area contributed by atoms with E-state index in [1.165, 1.54) is 0 Å². The van der Waals surface area contributed by atoms with Crippen molar-refractivity contribution >= 4 is 23.4 Å². The first-order chi connectivity index (χ1) is 15.0. The number of benzene rings is 1. The number of rotatable bonds is 6. The number of amides is 2. The second-order valence-electron chi connectivity index (χ2n) is 7.31. The summed E-state index contributed by atoms with van der Waals surface area (Å²) in [7, 11) is 0. The quantitative estimate of drug-likeness (QED) is 0.635. The molecule has 0 radical (unpaired) electrons. The molecular weight excluding hydrogens is 418 g/mol. The number of halogens is 1. The maximum absolute atomic E-state index is 13.2. The third-order valence-corrected chi connectivity index (χ3v) is 5.39. The average Bonchev–Trinajstić information content (AvgIpc) is 3.44. The van der Waals surface area contributed by atoms with Gasteiger partial charge in [0.05, 0.1) is 18.5 Å². The number of carbonyl (C=O) groups excluding carboxylic acids is 2. The topological polar surface area (TPSA) is 83.6 Å². The van der Waals surface area contributed by atoms with Gasteiger partial charge in [-0.15, -0.1) is 0 Å². The first-order valence-electron chi connectivity index (χ1n) is 10.2. The van der Waals surface area contributed by atoms with Gasteiger partial charge in [0.25, 0.3) is 5.91 Å². The van der Waals surface area contributed by atoms with E-state index in [1.807, 2.05) is 30.0 Å². The Bertz CT molecular complexity index is 1060. The highest BCUT2D eigenvalue weighted by molar-refractivity contribution is 6.30. The third kappa shape index (κ3) is 4.81. The van der Waals surface area contributed by atoms with E-state index < -0.39 is 0 Å². The number of carbonyl (C=O) groups is 2. The highest BCUT2D eigenvalue weighted by atomic mass is 35.5. The molecule has 1 aromatic carbocycles. The smallest absolute Gasteiger partial charge is 0.274 e. The predicted molar refractivity (Wildman–Crippen MR) is 117 cm³/mol. The summed E-state index contributed by atoms with van der Waals surface area (Å²) >= 11 is 6.16. The Balaban J connectivity index is 1.53. The van der Waals surface area contributed by atoms with Crippen molar-refractivity contribution in [2.75, 3.05) is 39.3 Å². The van der Waals surface area contributed by atoms with Crippen LogP contribution in [0.3, 0.4) is 0 Å². The summed E-state index contributed by atoms with van der Waals surface area (Å²) in [4.78, 5) is 28.8. The predicted octanol–water partition coefficient (Wildman–Crippen LogP) is 2.68. The fourth-order valence-corrected chi connectivity index (χ4v) is 3.80. The molecule has 4 rings (SSSR count). The largest absolute Gasteiger partial charge is 0.463 e. The lowest BCUT2D eigenvalue weighted by molar-refractivity contribution is -0.122. The normalized spacial score (nSPS) is 14.6. The van der Waals surface area contributed by atoms with Crippen molar-refractivity contribution in [3.05, 3.63) is 59.4 Å². The third-order valence-electron chi connectivity index (χ3n) is 5.16. The van der Waals surface area contributed by atoms with Crippen LogP contribution in [0.25, 0.3) is 17.1 Å². The zero-order valence-electron chi connectivity index (χ0n) is 17.3. The van der Waals surface area contributed by atoms with Gasteiger partial charge in [-0.05, 0) is 37.3 Å². The molecule has 1 aliphatic heterocycles. The molecule has 3 heterocycles. The molecule has 0 bridgehead atoms. The Labute approximate surface area is 185 Å². The number of piperazine rings is 1. The van der Waals surface area contributed by atoms with Crippen molar-refractivity contribution in [3.8, 4) is 17.1 Å². The van der Waals surface area contributed by atoms with Gasteiger partial charge in [0.1, 0.15) is 5.69 Å². The van der Waals surface area contributed by atoms with E-state index in [0.717, 1.165) is 5.69 Å². The molecule has 1 fully saturated rings. The molecule has 1 aliphatic rings. The summed E-state index contributed by atoms with van der Waals surface area (Å²) in [5.41, 5.74) is 1.75. The molecule has 0 unspecified atom stereocenters. The second-order valence-corrected chi connectivity index (χ2v) is 7.74. The number of nitrogens with one attached hydrogen (secondary N) is 1. The van der Waals surface area contributed by atoms with Crippen LogP contribution >= 0.6 is 11.6 Å². The molecular formula is C22H24ClN5O3. The van der Waals surface area contributed by atoms with E-state index in [9.17, 15) is 9.59 Å². The summed E-state index contributed by atoms with van der Waals surface area (Å²) in [6.07, 6.45) is 1.58. The molecule has 0 spiro atoms. The van der Waals surface area contributed by atoms with Crippen molar-refractivity contribution in [2.45, 2.75) is 6.92 Å². The lowest BCUT2D eigenvalue weighted by atomic mass is 10.2. The van der Waals surface area contributed by atoms with Gasteiger partial charge >= 0.3 is 0 Å². The number of likely N-dealkylation sites (N-methyl/N-ethyl adjacent to an activating group) is 1. The number of hydrogen-bond donors (Lipinski definition) is 1. The van der Waals surface area contributed by atoms with Gasteiger partial charge in [0.2, 0.25) is 5.91 Å². The molecule has 31 heavy (non-hydrogen) atoms. The van der Waals surface area contributed by atoms with Gasteiger partial charge in [0, 0.05) is 43.8 Å². The van der Waals surface area contributed by atoms with E-state index >= 15 is 0 Å². The first kappa shape index (κ1) is 21.1. The first-order valence-corrected chi connectivity index (χ1v) is 10.6. The van der Waals surface area contributed by atoms with E-state index in [4.69, 9.17) is 16.0 Å². The lowest BCUT2D eigenvalue weighted by Gasteiger charge is -2.33. The van der Waals surface area contributed by atoms with Crippen molar-refractivity contribution in [1.29, 1.82) is 0 Å². The number of aromatic nitrogens is 2. The Hall–Kier alpha value is -3.10. The summed E-state index contributed by atoms with van der Waals surface area (Å²) in [5.74, 6) is 0.468. The van der Waals surface area contributed by atoms with Gasteiger partial charge in [-0.1, -0.05) is 17.7 Å². The Kier molecular flexibility index (Phi) is 6.39. The molecule has 3 aromatic rings. The molecule has 1 N–H and O–H groups in total. The van der Waals surface area contributed by atoms with Crippen LogP contribution in [0, 0.1) is 0 Å². The highest BCUT2D eigenvalue weighted by Crippen LogP contribution is 2.26. The summed E-state index contributed by atoms with van der Waals surface area (Å²) in [6.45, 7) is 5.23. The molecule has 162 valence electrons. The summed E-state index contributed by atoms with van der Waals surface area (Å²) in [6, 6.07) is 12.6.